The highest BCUT2D eigenvalue weighted by atomic mass is 32.2. The third-order valence-electron chi connectivity index (χ3n) is 4.53. The van der Waals surface area contributed by atoms with E-state index in [1.165, 1.54) is 17.3 Å². The quantitative estimate of drug-likeness (QED) is 0.397. The fourth-order valence-electron chi connectivity index (χ4n) is 3.05. The number of methoxy groups -OCH3 is 2. The van der Waals surface area contributed by atoms with Crippen LogP contribution in [0.15, 0.2) is 77.2 Å². The second-order valence-electron chi connectivity index (χ2n) is 6.38. The molecule has 0 amide bonds. The zero-order valence-electron chi connectivity index (χ0n) is 16.7. The van der Waals surface area contributed by atoms with Crippen molar-refractivity contribution in [3.05, 3.63) is 72.4 Å². The van der Waals surface area contributed by atoms with Crippen molar-refractivity contribution in [3.8, 4) is 23.0 Å². The molecule has 0 radical (unpaired) electrons. The highest BCUT2D eigenvalue weighted by Crippen LogP contribution is 2.32. The fourth-order valence-corrected chi connectivity index (χ4v) is 3.83. The molecule has 8 heteroatoms. The molecule has 0 bridgehead atoms. The minimum absolute atomic E-state index is 0.507. The van der Waals surface area contributed by atoms with Crippen molar-refractivity contribution in [1.29, 1.82) is 0 Å². The molecular weight excluding hydrogens is 398 g/mol. The first kappa shape index (κ1) is 19.9. The van der Waals surface area contributed by atoms with Crippen LogP contribution in [0.5, 0.6) is 11.6 Å². The molecule has 0 aliphatic heterocycles. The molecule has 7 nitrogen and oxygen atoms in total. The average Bonchev–Trinajstić information content (AvgIpc) is 3.20. The number of rotatable bonds is 8. The van der Waals surface area contributed by atoms with Gasteiger partial charge in [-0.3, -0.25) is 0 Å². The van der Waals surface area contributed by atoms with Gasteiger partial charge in [-0.25, -0.2) is 4.98 Å². The minimum Gasteiger partial charge on any atom is -0.496 e. The third-order valence-corrected chi connectivity index (χ3v) is 5.40. The summed E-state index contributed by atoms with van der Waals surface area (Å²) >= 11 is 1.35. The zero-order chi connectivity index (χ0) is 20.8. The van der Waals surface area contributed by atoms with Gasteiger partial charge in [0.2, 0.25) is 5.88 Å². The van der Waals surface area contributed by atoms with Gasteiger partial charge in [-0.05, 0) is 35.9 Å². The van der Waals surface area contributed by atoms with Crippen LogP contribution >= 0.6 is 11.8 Å². The number of benzene rings is 2. The lowest BCUT2D eigenvalue weighted by Gasteiger charge is -2.12. The van der Waals surface area contributed by atoms with Crippen LogP contribution in [0.3, 0.4) is 0 Å². The number of nitrogens with zero attached hydrogens (tertiary/aromatic N) is 5. The standard InChI is InChI=1S/C22H21N5O2S/c1-28-18-11-7-6-10-17(18)20-25-26-22(30-21-23-14-12-19(24-21)29-2)27(20)15-13-16-8-4-3-5-9-16/h3-12,14H,13,15H2,1-2H3. The van der Waals surface area contributed by atoms with Crippen LogP contribution in [-0.2, 0) is 13.0 Å². The van der Waals surface area contributed by atoms with Crippen molar-refractivity contribution in [3.63, 3.8) is 0 Å². The van der Waals surface area contributed by atoms with Gasteiger partial charge in [0.1, 0.15) is 5.75 Å². The molecule has 4 rings (SSSR count). The zero-order valence-corrected chi connectivity index (χ0v) is 17.5. The molecule has 0 saturated heterocycles. The molecule has 0 N–H and O–H groups in total. The molecule has 0 atom stereocenters. The number of hydrogen-bond acceptors (Lipinski definition) is 7. The molecule has 30 heavy (non-hydrogen) atoms. The first-order valence-corrected chi connectivity index (χ1v) is 10.3. The topological polar surface area (TPSA) is 75.0 Å². The normalized spacial score (nSPS) is 10.7. The van der Waals surface area contributed by atoms with Crippen molar-refractivity contribution in [1.82, 2.24) is 24.7 Å². The summed E-state index contributed by atoms with van der Waals surface area (Å²) in [6.45, 7) is 0.705. The summed E-state index contributed by atoms with van der Waals surface area (Å²) in [5.74, 6) is 2.00. The van der Waals surface area contributed by atoms with E-state index in [4.69, 9.17) is 9.47 Å². The molecule has 2 aromatic heterocycles. The van der Waals surface area contributed by atoms with E-state index in [0.717, 1.165) is 23.6 Å². The van der Waals surface area contributed by atoms with Crippen molar-refractivity contribution in [2.45, 2.75) is 23.3 Å². The monoisotopic (exact) mass is 419 g/mol. The Bertz CT molecular complexity index is 1120. The first-order chi connectivity index (χ1) is 14.8. The van der Waals surface area contributed by atoms with E-state index in [9.17, 15) is 0 Å². The molecule has 152 valence electrons. The van der Waals surface area contributed by atoms with Crippen LogP contribution < -0.4 is 9.47 Å². The Kier molecular flexibility index (Phi) is 6.24. The summed E-state index contributed by atoms with van der Waals surface area (Å²) < 4.78 is 12.8. The largest absolute Gasteiger partial charge is 0.496 e. The SMILES string of the molecule is COc1ccnc(Sc2nnc(-c3ccccc3OC)n2CCc2ccccc2)n1. The van der Waals surface area contributed by atoms with E-state index < -0.39 is 0 Å². The number of ether oxygens (including phenoxy) is 2. The van der Waals surface area contributed by atoms with E-state index in [-0.39, 0.29) is 0 Å². The number of hydrogen-bond donors (Lipinski definition) is 0. The second-order valence-corrected chi connectivity index (χ2v) is 7.31. The van der Waals surface area contributed by atoms with Crippen molar-refractivity contribution in [2.75, 3.05) is 14.2 Å². The lowest BCUT2D eigenvalue weighted by Crippen LogP contribution is -2.06. The van der Waals surface area contributed by atoms with Gasteiger partial charge in [0.25, 0.3) is 0 Å². The summed E-state index contributed by atoms with van der Waals surface area (Å²) in [6.07, 6.45) is 2.51. The molecule has 2 heterocycles. The van der Waals surface area contributed by atoms with Crippen LogP contribution in [0.4, 0.5) is 0 Å². The Labute approximate surface area is 179 Å². The maximum Gasteiger partial charge on any atom is 0.217 e. The van der Waals surface area contributed by atoms with Crippen LogP contribution in [0.25, 0.3) is 11.4 Å². The Morgan fingerprint density at radius 2 is 1.70 bits per heavy atom. The first-order valence-electron chi connectivity index (χ1n) is 9.44. The van der Waals surface area contributed by atoms with Gasteiger partial charge in [0.05, 0.1) is 19.8 Å². The highest BCUT2D eigenvalue weighted by Gasteiger charge is 2.19. The average molecular weight is 420 g/mol. The smallest absolute Gasteiger partial charge is 0.217 e. The molecule has 0 unspecified atom stereocenters. The summed E-state index contributed by atoms with van der Waals surface area (Å²) in [4.78, 5) is 8.71. The lowest BCUT2D eigenvalue weighted by atomic mass is 10.1. The van der Waals surface area contributed by atoms with Gasteiger partial charge < -0.3 is 14.0 Å². The molecule has 0 spiro atoms. The fraction of sp³-hybridized carbons (Fsp3) is 0.182. The van der Waals surface area contributed by atoms with Crippen LogP contribution in [0, 0.1) is 0 Å². The summed E-state index contributed by atoms with van der Waals surface area (Å²) in [5.41, 5.74) is 2.13. The predicted molar refractivity (Wildman–Crippen MR) is 115 cm³/mol. The van der Waals surface area contributed by atoms with E-state index in [0.29, 0.717) is 22.7 Å². The van der Waals surface area contributed by atoms with Crippen molar-refractivity contribution < 1.29 is 9.47 Å². The van der Waals surface area contributed by atoms with Gasteiger partial charge in [0, 0.05) is 18.8 Å². The van der Waals surface area contributed by atoms with E-state index >= 15 is 0 Å². The van der Waals surface area contributed by atoms with Gasteiger partial charge >= 0.3 is 0 Å². The van der Waals surface area contributed by atoms with Gasteiger partial charge in [-0.2, -0.15) is 4.98 Å². The van der Waals surface area contributed by atoms with Crippen molar-refractivity contribution in [2.24, 2.45) is 0 Å². The van der Waals surface area contributed by atoms with Gasteiger partial charge in [-0.15, -0.1) is 10.2 Å². The number of aromatic nitrogens is 5. The molecule has 0 saturated carbocycles. The molecule has 4 aromatic rings. The van der Waals surface area contributed by atoms with Crippen LogP contribution in [-0.4, -0.2) is 39.0 Å². The molecule has 0 aliphatic carbocycles. The Morgan fingerprint density at radius 1 is 0.900 bits per heavy atom. The highest BCUT2D eigenvalue weighted by molar-refractivity contribution is 7.99. The minimum atomic E-state index is 0.507. The lowest BCUT2D eigenvalue weighted by molar-refractivity contribution is 0.392. The Balaban J connectivity index is 1.71. The number of para-hydroxylation sites is 1. The van der Waals surface area contributed by atoms with E-state index in [2.05, 4.69) is 36.9 Å². The van der Waals surface area contributed by atoms with Crippen LogP contribution in [0.1, 0.15) is 5.56 Å². The summed E-state index contributed by atoms with van der Waals surface area (Å²) in [7, 11) is 3.24. The van der Waals surface area contributed by atoms with Crippen molar-refractivity contribution >= 4 is 11.8 Å². The predicted octanol–water partition coefficient (Wildman–Crippen LogP) is 4.15. The molecular formula is C22H21N5O2S. The molecule has 2 aromatic carbocycles. The van der Waals surface area contributed by atoms with Gasteiger partial charge in [0.15, 0.2) is 16.1 Å². The molecule has 0 fully saturated rings. The summed E-state index contributed by atoms with van der Waals surface area (Å²) in [5, 5.41) is 10.2. The molecule has 0 aliphatic rings. The van der Waals surface area contributed by atoms with Gasteiger partial charge in [-0.1, -0.05) is 42.5 Å². The van der Waals surface area contributed by atoms with E-state index in [1.807, 2.05) is 42.5 Å². The second kappa shape index (κ2) is 9.41. The van der Waals surface area contributed by atoms with Crippen LogP contribution in [0.2, 0.25) is 0 Å². The third kappa shape index (κ3) is 4.44. The summed E-state index contributed by atoms with van der Waals surface area (Å²) in [6, 6.07) is 19.9. The van der Waals surface area contributed by atoms with E-state index in [1.54, 1.807) is 26.5 Å². The Morgan fingerprint density at radius 3 is 2.50 bits per heavy atom. The number of aryl methyl sites for hydroxylation is 1. The maximum atomic E-state index is 5.55. The Hall–Kier alpha value is -3.39. The maximum absolute atomic E-state index is 5.55.